The summed E-state index contributed by atoms with van der Waals surface area (Å²) in [5.41, 5.74) is 1.29. The summed E-state index contributed by atoms with van der Waals surface area (Å²) in [6.07, 6.45) is 2.86. The Morgan fingerprint density at radius 1 is 1.31 bits per heavy atom. The summed E-state index contributed by atoms with van der Waals surface area (Å²) in [6, 6.07) is 10.3. The van der Waals surface area contributed by atoms with Crippen LogP contribution in [-0.2, 0) is 6.42 Å². The Morgan fingerprint density at radius 3 is 2.31 bits per heavy atom. The van der Waals surface area contributed by atoms with Gasteiger partial charge < -0.3 is 12.4 Å². The van der Waals surface area contributed by atoms with E-state index in [1.54, 1.807) is 14.1 Å². The number of benzene rings is 1. The van der Waals surface area contributed by atoms with Crippen LogP contribution in [0.1, 0.15) is 5.56 Å². The van der Waals surface area contributed by atoms with Crippen LogP contribution in [0.15, 0.2) is 43.0 Å². The number of rotatable bonds is 5. The fourth-order valence-electron chi connectivity index (χ4n) is 1.71. The number of hydroxylamine groups is 3. The standard InChI is InChI=1S/C13H20NO.ClH/c1-4-12(11-14(2,3)15)10-13-8-6-5-7-9-13;/h4-9,12,15H,1,10-11H2,2-3H3;1H/q+1;/p-1. The zero-order valence-electron chi connectivity index (χ0n) is 9.94. The van der Waals surface area contributed by atoms with Gasteiger partial charge in [-0.25, -0.2) is 5.21 Å². The van der Waals surface area contributed by atoms with Gasteiger partial charge in [-0.3, -0.25) is 0 Å². The zero-order chi connectivity index (χ0) is 11.3. The lowest BCUT2D eigenvalue weighted by atomic mass is 9.99. The maximum Gasteiger partial charge on any atom is 0.115 e. The number of quaternary nitrogens is 1. The third-order valence-corrected chi connectivity index (χ3v) is 2.36. The monoisotopic (exact) mass is 241 g/mol. The molecule has 1 unspecified atom stereocenters. The Labute approximate surface area is 104 Å². The van der Waals surface area contributed by atoms with Crippen LogP contribution in [0.25, 0.3) is 0 Å². The maximum atomic E-state index is 9.69. The van der Waals surface area contributed by atoms with Gasteiger partial charge in [0.05, 0.1) is 14.1 Å². The molecule has 0 aliphatic rings. The van der Waals surface area contributed by atoms with Gasteiger partial charge >= 0.3 is 0 Å². The molecule has 0 aliphatic heterocycles. The van der Waals surface area contributed by atoms with E-state index in [4.69, 9.17) is 0 Å². The van der Waals surface area contributed by atoms with E-state index in [-0.39, 0.29) is 17.1 Å². The van der Waals surface area contributed by atoms with E-state index in [1.807, 2.05) is 24.3 Å². The fourth-order valence-corrected chi connectivity index (χ4v) is 1.71. The Morgan fingerprint density at radius 2 is 1.88 bits per heavy atom. The molecule has 0 saturated heterocycles. The van der Waals surface area contributed by atoms with Crippen LogP contribution in [0.5, 0.6) is 0 Å². The Hall–Kier alpha value is -0.830. The molecule has 1 rings (SSSR count). The van der Waals surface area contributed by atoms with Crippen LogP contribution in [-0.4, -0.2) is 30.5 Å². The first-order valence-electron chi connectivity index (χ1n) is 5.23. The van der Waals surface area contributed by atoms with Gasteiger partial charge in [-0.2, -0.15) is 4.65 Å². The number of nitrogens with zero attached hydrogens (tertiary/aromatic N) is 1. The van der Waals surface area contributed by atoms with Crippen molar-refractivity contribution in [1.82, 2.24) is 0 Å². The minimum atomic E-state index is -0.0104. The third-order valence-electron chi connectivity index (χ3n) is 2.36. The molecule has 0 saturated carbocycles. The zero-order valence-corrected chi connectivity index (χ0v) is 10.7. The van der Waals surface area contributed by atoms with Crippen LogP contribution in [0.3, 0.4) is 0 Å². The van der Waals surface area contributed by atoms with E-state index in [0.29, 0.717) is 12.5 Å². The van der Waals surface area contributed by atoms with Crippen LogP contribution >= 0.6 is 0 Å². The molecule has 1 aromatic rings. The summed E-state index contributed by atoms with van der Waals surface area (Å²) in [6.45, 7) is 4.51. The second-order valence-corrected chi connectivity index (χ2v) is 4.49. The first kappa shape index (κ1) is 15.2. The molecule has 16 heavy (non-hydrogen) atoms. The summed E-state index contributed by atoms with van der Waals surface area (Å²) < 4.78 is -0.0104. The highest BCUT2D eigenvalue weighted by Gasteiger charge is 2.17. The van der Waals surface area contributed by atoms with Crippen molar-refractivity contribution in [2.45, 2.75) is 6.42 Å². The van der Waals surface area contributed by atoms with Crippen molar-refractivity contribution in [2.75, 3.05) is 20.6 Å². The minimum absolute atomic E-state index is 0. The highest BCUT2D eigenvalue weighted by molar-refractivity contribution is 5.16. The summed E-state index contributed by atoms with van der Waals surface area (Å²) in [7, 11) is 3.56. The molecule has 0 spiro atoms. The van der Waals surface area contributed by atoms with Crippen molar-refractivity contribution in [1.29, 1.82) is 0 Å². The van der Waals surface area contributed by atoms with Crippen molar-refractivity contribution in [2.24, 2.45) is 5.92 Å². The molecule has 0 bridgehead atoms. The molecule has 1 N–H and O–H groups in total. The second-order valence-electron chi connectivity index (χ2n) is 4.49. The van der Waals surface area contributed by atoms with Gasteiger partial charge in [0.2, 0.25) is 0 Å². The van der Waals surface area contributed by atoms with Crippen LogP contribution in [0, 0.1) is 5.92 Å². The number of halogens is 1. The molecule has 1 atom stereocenters. The van der Waals surface area contributed by atoms with Crippen molar-refractivity contribution in [3.8, 4) is 0 Å². The predicted molar refractivity (Wildman–Crippen MR) is 62.6 cm³/mol. The molecular weight excluding hydrogens is 222 g/mol. The van der Waals surface area contributed by atoms with E-state index >= 15 is 0 Å². The van der Waals surface area contributed by atoms with Gasteiger partial charge in [-0.15, -0.1) is 6.58 Å². The van der Waals surface area contributed by atoms with Gasteiger partial charge in [0.15, 0.2) is 0 Å². The first-order valence-corrected chi connectivity index (χ1v) is 5.23. The third kappa shape index (κ3) is 5.91. The molecule has 1 aromatic carbocycles. The SMILES string of the molecule is C=CC(Cc1ccccc1)C[N+](C)(C)O.[Cl-]. The topological polar surface area (TPSA) is 20.2 Å². The summed E-state index contributed by atoms with van der Waals surface area (Å²) >= 11 is 0. The second kappa shape index (κ2) is 6.69. The molecule has 0 heterocycles. The van der Waals surface area contributed by atoms with Gasteiger partial charge in [-0.1, -0.05) is 36.4 Å². The molecule has 0 amide bonds. The minimum Gasteiger partial charge on any atom is -1.00 e. The quantitative estimate of drug-likeness (QED) is 0.419. The molecule has 2 nitrogen and oxygen atoms in total. The van der Waals surface area contributed by atoms with Gasteiger partial charge in [-0.05, 0) is 12.0 Å². The highest BCUT2D eigenvalue weighted by atomic mass is 35.5. The van der Waals surface area contributed by atoms with Crippen LogP contribution in [0.4, 0.5) is 0 Å². The average Bonchev–Trinajstić information content (AvgIpc) is 2.16. The van der Waals surface area contributed by atoms with Gasteiger partial charge in [0.25, 0.3) is 0 Å². The van der Waals surface area contributed by atoms with E-state index in [0.717, 1.165) is 6.42 Å². The largest absolute Gasteiger partial charge is 1.00 e. The average molecular weight is 242 g/mol. The number of hydrogen-bond acceptors (Lipinski definition) is 1. The molecule has 90 valence electrons. The van der Waals surface area contributed by atoms with E-state index in [1.165, 1.54) is 5.56 Å². The Balaban J connectivity index is 0.00000225. The fraction of sp³-hybridized carbons (Fsp3) is 0.385. The lowest BCUT2D eigenvalue weighted by Crippen LogP contribution is -3.00. The maximum absolute atomic E-state index is 9.69. The van der Waals surface area contributed by atoms with E-state index in [9.17, 15) is 5.21 Å². The molecular formula is C13H20ClNO. The van der Waals surface area contributed by atoms with Crippen molar-refractivity contribution in [3.63, 3.8) is 0 Å². The summed E-state index contributed by atoms with van der Waals surface area (Å²) in [4.78, 5) is 0. The van der Waals surface area contributed by atoms with Crippen molar-refractivity contribution < 1.29 is 22.3 Å². The summed E-state index contributed by atoms with van der Waals surface area (Å²) in [5.74, 6) is 0.312. The smallest absolute Gasteiger partial charge is 0.115 e. The first-order chi connectivity index (χ1) is 7.01. The molecule has 0 aliphatic carbocycles. The number of hydrogen-bond donors (Lipinski definition) is 1. The molecule has 0 radical (unpaired) electrons. The van der Waals surface area contributed by atoms with E-state index < -0.39 is 0 Å². The van der Waals surface area contributed by atoms with Crippen molar-refractivity contribution in [3.05, 3.63) is 48.6 Å². The lowest BCUT2D eigenvalue weighted by molar-refractivity contribution is -1.07. The molecule has 0 aromatic heterocycles. The molecule has 0 fully saturated rings. The Bertz CT molecular complexity index is 305. The van der Waals surface area contributed by atoms with Crippen LogP contribution < -0.4 is 12.4 Å². The summed E-state index contributed by atoms with van der Waals surface area (Å²) in [5, 5.41) is 9.69. The molecule has 3 heteroatoms. The lowest BCUT2D eigenvalue weighted by Gasteiger charge is -2.23. The Kier molecular flexibility index (Phi) is 6.34. The van der Waals surface area contributed by atoms with E-state index in [2.05, 4.69) is 18.7 Å². The normalized spacial score (nSPS) is 12.7. The van der Waals surface area contributed by atoms with Crippen LogP contribution in [0.2, 0.25) is 0 Å². The van der Waals surface area contributed by atoms with Crippen molar-refractivity contribution >= 4 is 0 Å². The highest BCUT2D eigenvalue weighted by Crippen LogP contribution is 2.12. The van der Waals surface area contributed by atoms with Gasteiger partial charge in [0, 0.05) is 5.92 Å². The predicted octanol–water partition coefficient (Wildman–Crippen LogP) is -0.499. The van der Waals surface area contributed by atoms with Gasteiger partial charge in [0.1, 0.15) is 6.54 Å².